The largest absolute Gasteiger partial charge is 0.309 e. The topological polar surface area (TPSA) is 28.7 Å². The molecule has 0 unspecified atom stereocenters. The van der Waals surface area contributed by atoms with Crippen LogP contribution in [0.4, 0.5) is 0 Å². The molecule has 1 heterocycles. The van der Waals surface area contributed by atoms with Gasteiger partial charge in [-0.1, -0.05) is 115 Å². The van der Waals surface area contributed by atoms with Gasteiger partial charge in [-0.3, -0.25) is 0 Å². The Kier molecular flexibility index (Phi) is 5.38. The second kappa shape index (κ2) is 9.78. The standard InChI is InChI=1S/C45H26N2/c46-27-28-13-23-42-40(25-28)41-26-32(18-24-43(41)47(42)33-9-2-1-3-10-33)35-19-14-30-17-22-39-37(20-15-31-16-21-38(35)44(30)45(31)39)36-12-6-8-29-7-4-5-11-34(29)36/h1-26H. The van der Waals surface area contributed by atoms with Gasteiger partial charge in [0, 0.05) is 16.5 Å². The zero-order chi connectivity index (χ0) is 31.1. The van der Waals surface area contributed by atoms with E-state index in [1.54, 1.807) is 0 Å². The summed E-state index contributed by atoms with van der Waals surface area (Å²) in [4.78, 5) is 0. The van der Waals surface area contributed by atoms with Crippen molar-refractivity contribution in [1.29, 1.82) is 5.26 Å². The van der Waals surface area contributed by atoms with Crippen molar-refractivity contribution in [2.75, 3.05) is 0 Å². The van der Waals surface area contributed by atoms with Crippen molar-refractivity contribution >= 4 is 64.9 Å². The van der Waals surface area contributed by atoms with Gasteiger partial charge in [0.05, 0.1) is 22.7 Å². The van der Waals surface area contributed by atoms with E-state index in [1.807, 2.05) is 18.2 Å². The molecule has 9 aromatic carbocycles. The Morgan fingerprint density at radius 2 is 1.02 bits per heavy atom. The van der Waals surface area contributed by atoms with Gasteiger partial charge in [0.2, 0.25) is 0 Å². The van der Waals surface area contributed by atoms with Crippen LogP contribution in [0.2, 0.25) is 0 Å². The molecule has 0 radical (unpaired) electrons. The van der Waals surface area contributed by atoms with E-state index in [0.717, 1.165) is 27.5 Å². The van der Waals surface area contributed by atoms with Crippen molar-refractivity contribution in [1.82, 2.24) is 4.57 Å². The monoisotopic (exact) mass is 594 g/mol. The molecule has 0 atom stereocenters. The molecule has 0 bridgehead atoms. The number of hydrogen-bond acceptors (Lipinski definition) is 1. The first-order valence-electron chi connectivity index (χ1n) is 16.0. The highest BCUT2D eigenvalue weighted by atomic mass is 15.0. The highest BCUT2D eigenvalue weighted by molar-refractivity contribution is 6.28. The molecule has 2 heteroatoms. The molecular formula is C45H26N2. The van der Waals surface area contributed by atoms with Crippen LogP contribution in [0.15, 0.2) is 158 Å². The second-order valence-corrected chi connectivity index (χ2v) is 12.4. The third-order valence-corrected chi connectivity index (χ3v) is 9.96. The first kappa shape index (κ1) is 25.9. The van der Waals surface area contributed by atoms with E-state index in [9.17, 15) is 5.26 Å². The summed E-state index contributed by atoms with van der Waals surface area (Å²) in [6.45, 7) is 0. The van der Waals surface area contributed by atoms with Crippen molar-refractivity contribution in [2.45, 2.75) is 0 Å². The van der Waals surface area contributed by atoms with Crippen LogP contribution >= 0.6 is 0 Å². The average Bonchev–Trinajstić information content (AvgIpc) is 3.46. The van der Waals surface area contributed by atoms with Crippen molar-refractivity contribution in [3.63, 3.8) is 0 Å². The SMILES string of the molecule is N#Cc1ccc2c(c1)c1cc(-c3ccc4ccc5c(-c6cccc7ccccc67)ccc6ccc3c4c65)ccc1n2-c1ccccc1. The van der Waals surface area contributed by atoms with Crippen molar-refractivity contribution in [3.8, 4) is 34.0 Å². The molecule has 10 aromatic rings. The lowest BCUT2D eigenvalue weighted by Crippen LogP contribution is -1.93. The Balaban J connectivity index is 1.24. The van der Waals surface area contributed by atoms with Crippen LogP contribution in [-0.2, 0) is 0 Å². The summed E-state index contributed by atoms with van der Waals surface area (Å²) in [6, 6.07) is 59.1. The third kappa shape index (κ3) is 3.72. The minimum Gasteiger partial charge on any atom is -0.309 e. The van der Waals surface area contributed by atoms with Crippen molar-refractivity contribution in [3.05, 3.63) is 163 Å². The summed E-state index contributed by atoms with van der Waals surface area (Å²) in [5.74, 6) is 0. The summed E-state index contributed by atoms with van der Waals surface area (Å²) in [5, 5.41) is 22.2. The van der Waals surface area contributed by atoms with Crippen LogP contribution in [0.1, 0.15) is 5.56 Å². The lowest BCUT2D eigenvalue weighted by atomic mass is 9.86. The predicted molar refractivity (Wildman–Crippen MR) is 198 cm³/mol. The summed E-state index contributed by atoms with van der Waals surface area (Å²) < 4.78 is 2.30. The number of nitrogens with zero attached hydrogens (tertiary/aromatic N) is 2. The Hall–Kier alpha value is -6.43. The highest BCUT2D eigenvalue weighted by Gasteiger charge is 2.18. The molecule has 1 aromatic heterocycles. The van der Waals surface area contributed by atoms with Gasteiger partial charge >= 0.3 is 0 Å². The number of rotatable bonds is 3. The van der Waals surface area contributed by atoms with E-state index in [4.69, 9.17) is 0 Å². The number of benzene rings is 9. The molecule has 0 aliphatic heterocycles. The van der Waals surface area contributed by atoms with E-state index < -0.39 is 0 Å². The molecular weight excluding hydrogens is 569 g/mol. The first-order valence-corrected chi connectivity index (χ1v) is 16.0. The molecule has 0 spiro atoms. The Morgan fingerprint density at radius 1 is 0.404 bits per heavy atom. The maximum absolute atomic E-state index is 9.77. The van der Waals surface area contributed by atoms with Crippen LogP contribution in [0.3, 0.4) is 0 Å². The maximum atomic E-state index is 9.77. The molecule has 0 fully saturated rings. The maximum Gasteiger partial charge on any atom is 0.0991 e. The van der Waals surface area contributed by atoms with Crippen LogP contribution in [0, 0.1) is 11.3 Å². The summed E-state index contributed by atoms with van der Waals surface area (Å²) in [5.41, 5.74) is 8.90. The molecule has 0 saturated heterocycles. The molecule has 0 amide bonds. The fraction of sp³-hybridized carbons (Fsp3) is 0. The highest BCUT2D eigenvalue weighted by Crippen LogP contribution is 2.44. The number of nitriles is 1. The van der Waals surface area contributed by atoms with Gasteiger partial charge in [0.15, 0.2) is 0 Å². The lowest BCUT2D eigenvalue weighted by molar-refractivity contribution is 1.18. The first-order chi connectivity index (χ1) is 23.3. The van der Waals surface area contributed by atoms with Crippen LogP contribution in [-0.4, -0.2) is 4.57 Å². The molecule has 47 heavy (non-hydrogen) atoms. The Bertz CT molecular complexity index is 2900. The van der Waals surface area contributed by atoms with E-state index >= 15 is 0 Å². The molecule has 2 nitrogen and oxygen atoms in total. The van der Waals surface area contributed by atoms with E-state index in [0.29, 0.717) is 5.56 Å². The number of hydrogen-bond donors (Lipinski definition) is 0. The van der Waals surface area contributed by atoms with Gasteiger partial charge in [-0.05, 0) is 108 Å². The number of para-hydroxylation sites is 1. The third-order valence-electron chi connectivity index (χ3n) is 9.96. The molecule has 0 aliphatic carbocycles. The molecule has 0 saturated carbocycles. The van der Waals surface area contributed by atoms with Gasteiger partial charge in [0.1, 0.15) is 0 Å². The Morgan fingerprint density at radius 3 is 1.81 bits per heavy atom. The van der Waals surface area contributed by atoms with Gasteiger partial charge < -0.3 is 4.57 Å². The van der Waals surface area contributed by atoms with E-state index in [2.05, 4.69) is 150 Å². The summed E-state index contributed by atoms with van der Waals surface area (Å²) in [7, 11) is 0. The average molecular weight is 595 g/mol. The zero-order valence-electron chi connectivity index (χ0n) is 25.4. The lowest BCUT2D eigenvalue weighted by Gasteiger charge is -2.17. The molecule has 0 aliphatic rings. The minimum absolute atomic E-state index is 0.666. The van der Waals surface area contributed by atoms with E-state index in [1.165, 1.54) is 65.3 Å². The zero-order valence-corrected chi connectivity index (χ0v) is 25.4. The fourth-order valence-electron chi connectivity index (χ4n) is 7.86. The van der Waals surface area contributed by atoms with E-state index in [-0.39, 0.29) is 0 Å². The quantitative estimate of drug-likeness (QED) is 0.187. The molecule has 10 rings (SSSR count). The number of aromatic nitrogens is 1. The Labute approximate surface area is 271 Å². The minimum atomic E-state index is 0.666. The van der Waals surface area contributed by atoms with Crippen LogP contribution < -0.4 is 0 Å². The number of fused-ring (bicyclic) bond motifs is 4. The normalized spacial score (nSPS) is 11.8. The van der Waals surface area contributed by atoms with Gasteiger partial charge in [-0.25, -0.2) is 0 Å². The van der Waals surface area contributed by atoms with Crippen molar-refractivity contribution < 1.29 is 0 Å². The van der Waals surface area contributed by atoms with Gasteiger partial charge in [-0.15, -0.1) is 0 Å². The summed E-state index contributed by atoms with van der Waals surface area (Å²) >= 11 is 0. The predicted octanol–water partition coefficient (Wildman–Crippen LogP) is 12.0. The summed E-state index contributed by atoms with van der Waals surface area (Å²) in [6.07, 6.45) is 0. The van der Waals surface area contributed by atoms with Crippen LogP contribution in [0.25, 0.3) is 92.8 Å². The molecule has 216 valence electrons. The van der Waals surface area contributed by atoms with Crippen LogP contribution in [0.5, 0.6) is 0 Å². The second-order valence-electron chi connectivity index (χ2n) is 12.4. The smallest absolute Gasteiger partial charge is 0.0991 e. The van der Waals surface area contributed by atoms with Gasteiger partial charge in [-0.2, -0.15) is 5.26 Å². The molecule has 0 N–H and O–H groups in total. The van der Waals surface area contributed by atoms with Gasteiger partial charge in [0.25, 0.3) is 0 Å². The fourth-order valence-corrected chi connectivity index (χ4v) is 7.86. The van der Waals surface area contributed by atoms with Crippen molar-refractivity contribution in [2.24, 2.45) is 0 Å².